The van der Waals surface area contributed by atoms with E-state index in [2.05, 4.69) is 0 Å². The van der Waals surface area contributed by atoms with Crippen molar-refractivity contribution in [2.75, 3.05) is 0 Å². The summed E-state index contributed by atoms with van der Waals surface area (Å²) < 4.78 is -0.227. The Balaban J connectivity index is 4.27. The van der Waals surface area contributed by atoms with Crippen molar-refractivity contribution in [3.8, 4) is 0 Å². The van der Waals surface area contributed by atoms with Gasteiger partial charge in [0.25, 0.3) is 0 Å². The second kappa shape index (κ2) is 3.95. The van der Waals surface area contributed by atoms with E-state index in [9.17, 15) is 9.59 Å². The van der Waals surface area contributed by atoms with Gasteiger partial charge in [-0.3, -0.25) is 0 Å². The van der Waals surface area contributed by atoms with E-state index in [0.29, 0.717) is 27.9 Å². The van der Waals surface area contributed by atoms with Gasteiger partial charge in [-0.15, -0.1) is 0 Å². The Morgan fingerprint density at radius 3 is 1.60 bits per heavy atom. The molecule has 0 fully saturated rings. The number of carboxylic acids is 2. The van der Waals surface area contributed by atoms with Gasteiger partial charge in [0.2, 0.25) is 0 Å². The molecule has 0 aromatic heterocycles. The molecule has 0 saturated carbocycles. The average molecular weight is 154 g/mol. The van der Waals surface area contributed by atoms with Crippen molar-refractivity contribution < 1.29 is 19.8 Å². The van der Waals surface area contributed by atoms with E-state index in [1.807, 2.05) is 0 Å². The van der Waals surface area contributed by atoms with Gasteiger partial charge in [-0.25, -0.2) is 0 Å². The van der Waals surface area contributed by atoms with E-state index in [0.717, 1.165) is 0 Å². The first kappa shape index (κ1) is 9.94. The van der Waals surface area contributed by atoms with Gasteiger partial charge in [0.05, 0.1) is 0 Å². The Kier molecular flexibility index (Phi) is 3.93. The third-order valence-electron chi connectivity index (χ3n) is 1.20. The van der Waals surface area contributed by atoms with Gasteiger partial charge in [0, 0.05) is 0 Å². The SMILES string of the molecule is C[CH]([Na])C(C(=O)O)C(=O)O. The molecule has 0 aliphatic heterocycles. The normalized spacial score (nSPS) is 13.2. The summed E-state index contributed by atoms with van der Waals surface area (Å²) >= 11 is 0.586. The van der Waals surface area contributed by atoms with Crippen molar-refractivity contribution in [3.05, 3.63) is 0 Å². The van der Waals surface area contributed by atoms with Crippen LogP contribution in [0.15, 0.2) is 0 Å². The first-order chi connectivity index (χ1) is 4.46. The van der Waals surface area contributed by atoms with Gasteiger partial charge < -0.3 is 0 Å². The summed E-state index contributed by atoms with van der Waals surface area (Å²) in [5, 5.41) is 16.7. The molecule has 0 aliphatic rings. The minimum atomic E-state index is -1.24. The molecule has 1 atom stereocenters. The summed E-state index contributed by atoms with van der Waals surface area (Å²) in [4.78, 5) is 20.4. The molecule has 0 bridgehead atoms. The number of hydrogen-bond donors (Lipinski definition) is 2. The van der Waals surface area contributed by atoms with Crippen LogP contribution in [0.4, 0.5) is 0 Å². The van der Waals surface area contributed by atoms with Crippen LogP contribution < -0.4 is 0 Å². The van der Waals surface area contributed by atoms with Crippen molar-refractivity contribution in [1.29, 1.82) is 0 Å². The zero-order valence-corrected chi connectivity index (χ0v) is 7.87. The van der Waals surface area contributed by atoms with Crippen LogP contribution in [0.1, 0.15) is 6.92 Å². The monoisotopic (exact) mass is 154 g/mol. The van der Waals surface area contributed by atoms with Gasteiger partial charge in [0.1, 0.15) is 0 Å². The molecule has 10 heavy (non-hydrogen) atoms. The topological polar surface area (TPSA) is 74.6 Å². The van der Waals surface area contributed by atoms with Crippen molar-refractivity contribution in [2.45, 2.75) is 10.1 Å². The van der Waals surface area contributed by atoms with Crippen molar-refractivity contribution in [2.24, 2.45) is 5.92 Å². The zero-order chi connectivity index (χ0) is 8.31. The molecule has 0 aromatic carbocycles. The van der Waals surface area contributed by atoms with Gasteiger partial charge in [-0.05, 0) is 0 Å². The molecule has 0 radical (unpaired) electrons. The van der Waals surface area contributed by atoms with Crippen LogP contribution in [0, 0.1) is 5.92 Å². The van der Waals surface area contributed by atoms with Crippen LogP contribution >= 0.6 is 0 Å². The first-order valence-corrected chi connectivity index (χ1v) is 4.08. The second-order valence-electron chi connectivity index (χ2n) is 2.40. The van der Waals surface area contributed by atoms with Crippen molar-refractivity contribution >= 4 is 39.9 Å². The summed E-state index contributed by atoms with van der Waals surface area (Å²) in [6, 6.07) is 0. The summed E-state index contributed by atoms with van der Waals surface area (Å²) in [6.07, 6.45) is 0. The quantitative estimate of drug-likeness (QED) is 0.434. The molecule has 0 amide bonds. The maximum absolute atomic E-state index is 10.2. The summed E-state index contributed by atoms with van der Waals surface area (Å²) in [7, 11) is 0. The molecule has 0 aliphatic carbocycles. The molecule has 0 saturated heterocycles. The Morgan fingerprint density at radius 1 is 1.30 bits per heavy atom. The summed E-state index contributed by atoms with van der Waals surface area (Å²) in [6.45, 7) is 1.62. The molecule has 4 nitrogen and oxygen atoms in total. The van der Waals surface area contributed by atoms with Crippen molar-refractivity contribution in [3.63, 3.8) is 0 Å². The molecule has 0 spiro atoms. The van der Waals surface area contributed by atoms with E-state index in [1.165, 1.54) is 0 Å². The molecule has 2 N–H and O–H groups in total. The summed E-state index contributed by atoms with van der Waals surface area (Å²) in [5.74, 6) is -3.70. The Morgan fingerprint density at radius 2 is 1.60 bits per heavy atom. The van der Waals surface area contributed by atoms with Crippen LogP contribution in [-0.2, 0) is 9.59 Å². The molecule has 1 unspecified atom stereocenters. The molecule has 0 heterocycles. The predicted octanol–water partition coefficient (Wildman–Crippen LogP) is -0.251. The molecular weight excluding hydrogens is 147 g/mol. The van der Waals surface area contributed by atoms with Crippen LogP contribution in [-0.4, -0.2) is 50.1 Å². The van der Waals surface area contributed by atoms with E-state index in [1.54, 1.807) is 6.92 Å². The van der Waals surface area contributed by atoms with E-state index < -0.39 is 17.9 Å². The van der Waals surface area contributed by atoms with Crippen LogP contribution in [0.2, 0.25) is 3.17 Å². The zero-order valence-electron chi connectivity index (χ0n) is 5.87. The Labute approximate surface area is 75.6 Å². The number of hydrogen-bond acceptors (Lipinski definition) is 2. The number of aliphatic carboxylic acids is 2. The van der Waals surface area contributed by atoms with E-state index >= 15 is 0 Å². The fourth-order valence-electron chi connectivity index (χ4n) is 0.676. The fourth-order valence-corrected chi connectivity index (χ4v) is 1.25. The molecular formula is C5H7NaO4. The van der Waals surface area contributed by atoms with Crippen molar-refractivity contribution in [1.82, 2.24) is 0 Å². The minimum absolute atomic E-state index is 0.227. The third kappa shape index (κ3) is 2.68. The maximum atomic E-state index is 10.2. The second-order valence-corrected chi connectivity index (χ2v) is 4.22. The van der Waals surface area contributed by atoms with Gasteiger partial charge in [-0.2, -0.15) is 0 Å². The van der Waals surface area contributed by atoms with Crippen LogP contribution in [0.5, 0.6) is 0 Å². The van der Waals surface area contributed by atoms with Gasteiger partial charge >= 0.3 is 75.7 Å². The summed E-state index contributed by atoms with van der Waals surface area (Å²) in [5.41, 5.74) is 0. The molecule has 0 aromatic rings. The number of carbonyl (C=O) groups is 2. The molecule has 52 valence electrons. The fraction of sp³-hybridized carbons (Fsp3) is 0.600. The number of carboxylic acid groups (broad SMARTS) is 2. The Bertz CT molecular complexity index is 140. The molecule has 0 rings (SSSR count). The van der Waals surface area contributed by atoms with Crippen LogP contribution in [0.25, 0.3) is 0 Å². The van der Waals surface area contributed by atoms with Gasteiger partial charge in [-0.1, -0.05) is 0 Å². The van der Waals surface area contributed by atoms with Crippen LogP contribution in [0.3, 0.4) is 0 Å². The van der Waals surface area contributed by atoms with E-state index in [4.69, 9.17) is 10.2 Å². The van der Waals surface area contributed by atoms with E-state index in [-0.39, 0.29) is 3.17 Å². The predicted molar refractivity (Wildman–Crippen MR) is 33.9 cm³/mol. The average Bonchev–Trinajstić information content (AvgIpc) is 1.59. The molecule has 5 heteroatoms. The Hall–Kier alpha value is -0.0600. The van der Waals surface area contributed by atoms with Gasteiger partial charge in [0.15, 0.2) is 0 Å². The number of rotatable bonds is 3. The first-order valence-electron chi connectivity index (χ1n) is 2.92. The third-order valence-corrected chi connectivity index (χ3v) is 1.87. The standard InChI is InChI=1S/C5H7O4.Na/c1-2-3(4(6)7)5(8)9;/h2-3H,1H3,(H,6,7)(H,8,9);.